The van der Waals surface area contributed by atoms with Crippen molar-refractivity contribution in [1.82, 2.24) is 9.80 Å². The molecule has 0 bridgehead atoms. The van der Waals surface area contributed by atoms with Crippen molar-refractivity contribution in [2.75, 3.05) is 13.2 Å². The number of carbonyl (C=O) groups is 3. The van der Waals surface area contributed by atoms with Gasteiger partial charge in [0.2, 0.25) is 0 Å². The van der Waals surface area contributed by atoms with Gasteiger partial charge in [0.1, 0.15) is 11.4 Å². The normalized spacial score (nSPS) is 17.5. The third-order valence-electron chi connectivity index (χ3n) is 6.87. The quantitative estimate of drug-likeness (QED) is 0.139. The Bertz CT molecular complexity index is 1340. The summed E-state index contributed by atoms with van der Waals surface area (Å²) in [6.07, 6.45) is 1.40. The molecule has 1 aliphatic heterocycles. The van der Waals surface area contributed by atoms with Gasteiger partial charge in [0, 0.05) is 18.5 Å². The van der Waals surface area contributed by atoms with Crippen LogP contribution in [0.2, 0.25) is 0 Å². The standard InChI is InChI=1S/C29H32N4O4/c1-3-37-25(34)11-7-8-16-33-28(36)32(27(35)29(33,2)24-9-5-4-6-10-24)19-20-12-13-21-14-15-22(26(30)31)18-23(21)17-20/h4-6,9-10,12-15,17-18H,3,7-8,11,16,19H2,1-2H3,(H3,30,31). The van der Waals surface area contributed by atoms with Crippen LogP contribution in [0.3, 0.4) is 0 Å². The summed E-state index contributed by atoms with van der Waals surface area (Å²) < 4.78 is 5.00. The molecule has 1 aliphatic rings. The zero-order valence-electron chi connectivity index (χ0n) is 21.2. The second kappa shape index (κ2) is 10.8. The van der Waals surface area contributed by atoms with Crippen molar-refractivity contribution in [2.45, 2.75) is 45.2 Å². The number of hydrogen-bond acceptors (Lipinski definition) is 5. The zero-order chi connectivity index (χ0) is 26.6. The van der Waals surface area contributed by atoms with Crippen LogP contribution in [0.4, 0.5) is 4.79 Å². The fourth-order valence-corrected chi connectivity index (χ4v) is 4.82. The molecule has 4 rings (SSSR count). The molecule has 3 N–H and O–H groups in total. The number of ether oxygens (including phenoxy) is 1. The first-order chi connectivity index (χ1) is 17.8. The van der Waals surface area contributed by atoms with E-state index < -0.39 is 5.54 Å². The van der Waals surface area contributed by atoms with Gasteiger partial charge in [0.15, 0.2) is 0 Å². The Morgan fingerprint density at radius 2 is 1.73 bits per heavy atom. The third-order valence-corrected chi connectivity index (χ3v) is 6.87. The fraction of sp³-hybridized carbons (Fsp3) is 0.310. The van der Waals surface area contributed by atoms with Gasteiger partial charge in [0.25, 0.3) is 5.91 Å². The molecule has 1 fully saturated rings. The lowest BCUT2D eigenvalue weighted by molar-refractivity contribution is -0.143. The minimum Gasteiger partial charge on any atom is -0.466 e. The van der Waals surface area contributed by atoms with Gasteiger partial charge in [-0.3, -0.25) is 19.9 Å². The van der Waals surface area contributed by atoms with Gasteiger partial charge < -0.3 is 15.4 Å². The molecule has 3 amide bonds. The van der Waals surface area contributed by atoms with Gasteiger partial charge in [-0.15, -0.1) is 0 Å². The van der Waals surface area contributed by atoms with E-state index in [2.05, 4.69) is 0 Å². The lowest BCUT2D eigenvalue weighted by Gasteiger charge is -2.32. The molecule has 37 heavy (non-hydrogen) atoms. The molecule has 1 atom stereocenters. The van der Waals surface area contributed by atoms with E-state index in [4.69, 9.17) is 15.9 Å². The topological polar surface area (TPSA) is 117 Å². The highest BCUT2D eigenvalue weighted by Gasteiger charge is 2.54. The van der Waals surface area contributed by atoms with Gasteiger partial charge >= 0.3 is 12.0 Å². The van der Waals surface area contributed by atoms with Crippen LogP contribution in [0.5, 0.6) is 0 Å². The minimum absolute atomic E-state index is 0.0190. The lowest BCUT2D eigenvalue weighted by Crippen LogP contribution is -2.44. The van der Waals surface area contributed by atoms with E-state index >= 15 is 0 Å². The Morgan fingerprint density at radius 3 is 2.43 bits per heavy atom. The van der Waals surface area contributed by atoms with Crippen molar-refractivity contribution >= 4 is 34.5 Å². The van der Waals surface area contributed by atoms with Crippen molar-refractivity contribution in [3.05, 3.63) is 83.4 Å². The number of esters is 1. The van der Waals surface area contributed by atoms with Crippen LogP contribution in [0, 0.1) is 5.41 Å². The van der Waals surface area contributed by atoms with E-state index in [9.17, 15) is 14.4 Å². The van der Waals surface area contributed by atoms with Gasteiger partial charge in [-0.1, -0.05) is 54.6 Å². The number of amides is 3. The number of unbranched alkanes of at least 4 members (excludes halogenated alkanes) is 1. The first kappa shape index (κ1) is 25.9. The van der Waals surface area contributed by atoms with E-state index in [0.717, 1.165) is 21.9 Å². The van der Waals surface area contributed by atoms with Crippen molar-refractivity contribution in [3.63, 3.8) is 0 Å². The zero-order valence-corrected chi connectivity index (χ0v) is 21.2. The van der Waals surface area contributed by atoms with E-state index in [-0.39, 0.29) is 36.7 Å². The van der Waals surface area contributed by atoms with E-state index in [0.29, 0.717) is 31.6 Å². The maximum atomic E-state index is 13.8. The summed E-state index contributed by atoms with van der Waals surface area (Å²) in [6, 6.07) is 20.2. The Balaban J connectivity index is 1.59. The molecule has 3 aromatic carbocycles. The number of fused-ring (bicyclic) bond motifs is 1. The summed E-state index contributed by atoms with van der Waals surface area (Å²) in [6.45, 7) is 4.35. The lowest BCUT2D eigenvalue weighted by atomic mass is 9.90. The van der Waals surface area contributed by atoms with Crippen molar-refractivity contribution in [1.29, 1.82) is 5.41 Å². The molecule has 1 unspecified atom stereocenters. The van der Waals surface area contributed by atoms with E-state index in [1.807, 2.05) is 60.7 Å². The van der Waals surface area contributed by atoms with Crippen LogP contribution in [0.25, 0.3) is 10.8 Å². The molecule has 192 valence electrons. The predicted molar refractivity (Wildman–Crippen MR) is 142 cm³/mol. The molecule has 0 saturated carbocycles. The number of imide groups is 1. The van der Waals surface area contributed by atoms with E-state index in [1.165, 1.54) is 4.90 Å². The van der Waals surface area contributed by atoms with Crippen LogP contribution >= 0.6 is 0 Å². The number of benzene rings is 3. The molecule has 3 aromatic rings. The van der Waals surface area contributed by atoms with Crippen LogP contribution in [0.15, 0.2) is 66.7 Å². The molecule has 8 heteroatoms. The minimum atomic E-state index is -1.15. The Labute approximate surface area is 216 Å². The average Bonchev–Trinajstić information content (AvgIpc) is 3.07. The third kappa shape index (κ3) is 5.18. The molecule has 0 spiro atoms. The Morgan fingerprint density at radius 1 is 1.00 bits per heavy atom. The number of carbonyl (C=O) groups excluding carboxylic acids is 3. The van der Waals surface area contributed by atoms with Crippen LogP contribution < -0.4 is 5.73 Å². The molecule has 8 nitrogen and oxygen atoms in total. The van der Waals surface area contributed by atoms with Gasteiger partial charge in [-0.2, -0.15) is 0 Å². The van der Waals surface area contributed by atoms with Gasteiger partial charge in [-0.25, -0.2) is 4.79 Å². The summed E-state index contributed by atoms with van der Waals surface area (Å²) in [4.78, 5) is 42.1. The first-order valence-electron chi connectivity index (χ1n) is 12.5. The van der Waals surface area contributed by atoms with Crippen molar-refractivity contribution in [2.24, 2.45) is 5.73 Å². The summed E-state index contributed by atoms with van der Waals surface area (Å²) in [7, 11) is 0. The highest BCUT2D eigenvalue weighted by atomic mass is 16.5. The fourth-order valence-electron chi connectivity index (χ4n) is 4.82. The highest BCUT2D eigenvalue weighted by molar-refractivity contribution is 6.07. The molecule has 0 radical (unpaired) electrons. The second-order valence-electron chi connectivity index (χ2n) is 9.34. The van der Waals surface area contributed by atoms with Crippen LogP contribution in [-0.2, 0) is 26.4 Å². The monoisotopic (exact) mass is 500 g/mol. The number of nitrogens with one attached hydrogen (secondary N) is 1. The number of nitrogens with two attached hydrogens (primary N) is 1. The Kier molecular flexibility index (Phi) is 7.57. The summed E-state index contributed by atoms with van der Waals surface area (Å²) in [5.41, 5.74) is 6.65. The molecular formula is C29H32N4O4. The molecule has 0 aliphatic carbocycles. The van der Waals surface area contributed by atoms with Crippen molar-refractivity contribution in [3.8, 4) is 0 Å². The maximum absolute atomic E-state index is 13.8. The molecular weight excluding hydrogens is 468 g/mol. The molecule has 0 aromatic heterocycles. The van der Waals surface area contributed by atoms with Gasteiger partial charge in [0.05, 0.1) is 13.2 Å². The molecule has 1 heterocycles. The molecule has 1 saturated heterocycles. The smallest absolute Gasteiger partial charge is 0.328 e. The largest absolute Gasteiger partial charge is 0.466 e. The number of rotatable bonds is 10. The predicted octanol–water partition coefficient (Wildman–Crippen LogP) is 4.54. The number of nitrogen functional groups attached to an aromatic ring is 1. The first-order valence-corrected chi connectivity index (χ1v) is 12.5. The highest BCUT2D eigenvalue weighted by Crippen LogP contribution is 2.38. The van der Waals surface area contributed by atoms with Crippen LogP contribution in [-0.4, -0.2) is 46.7 Å². The number of amidine groups is 1. The number of urea groups is 1. The number of hydrogen-bond donors (Lipinski definition) is 2. The SMILES string of the molecule is CCOC(=O)CCCCN1C(=O)N(Cc2ccc3ccc(C(=N)N)cc3c2)C(=O)C1(C)c1ccccc1. The average molecular weight is 501 g/mol. The number of nitrogens with zero attached hydrogens (tertiary/aromatic N) is 2. The summed E-state index contributed by atoms with van der Waals surface area (Å²) >= 11 is 0. The van der Waals surface area contributed by atoms with Crippen molar-refractivity contribution < 1.29 is 19.1 Å². The summed E-state index contributed by atoms with van der Waals surface area (Å²) in [5.74, 6) is -0.566. The second-order valence-corrected chi connectivity index (χ2v) is 9.34. The summed E-state index contributed by atoms with van der Waals surface area (Å²) in [5, 5.41) is 9.57. The maximum Gasteiger partial charge on any atom is 0.328 e. The van der Waals surface area contributed by atoms with Crippen LogP contribution in [0.1, 0.15) is 49.8 Å². The van der Waals surface area contributed by atoms with Gasteiger partial charge in [-0.05, 0) is 60.7 Å². The Hall–Kier alpha value is -4.20. The van der Waals surface area contributed by atoms with E-state index in [1.54, 1.807) is 24.8 Å².